The predicted octanol–water partition coefficient (Wildman–Crippen LogP) is 2.15. The molecule has 0 saturated heterocycles. The average Bonchev–Trinajstić information content (AvgIpc) is 3.05. The maximum atomic E-state index is 9.12. The fourth-order valence-corrected chi connectivity index (χ4v) is 2.18. The molecular formula is C14H21NO. The van der Waals surface area contributed by atoms with Crippen LogP contribution in [0.4, 0.5) is 0 Å². The Morgan fingerprint density at radius 3 is 2.81 bits per heavy atom. The molecule has 0 radical (unpaired) electrons. The van der Waals surface area contributed by atoms with Gasteiger partial charge in [0.05, 0.1) is 6.10 Å². The zero-order chi connectivity index (χ0) is 11.4. The van der Waals surface area contributed by atoms with Crippen molar-refractivity contribution in [3.63, 3.8) is 0 Å². The van der Waals surface area contributed by atoms with Gasteiger partial charge >= 0.3 is 0 Å². The topological polar surface area (TPSA) is 32.3 Å². The molecule has 0 amide bonds. The van der Waals surface area contributed by atoms with Gasteiger partial charge in [-0.25, -0.2) is 0 Å². The molecule has 0 aromatic heterocycles. The highest BCUT2D eigenvalue weighted by atomic mass is 16.3. The number of aliphatic hydroxyl groups excluding tert-OH is 1. The van der Waals surface area contributed by atoms with Gasteiger partial charge < -0.3 is 10.4 Å². The smallest absolute Gasteiger partial charge is 0.0524 e. The van der Waals surface area contributed by atoms with Crippen molar-refractivity contribution >= 4 is 0 Å². The Kier molecular flexibility index (Phi) is 3.97. The standard InChI is InChI=1S/C14H21NO/c1-11(16)7-8-15-10-13-9-14(13)12-5-3-2-4-6-12/h2-6,11,13-16H,7-10H2,1H3. The van der Waals surface area contributed by atoms with Gasteiger partial charge in [-0.1, -0.05) is 30.3 Å². The lowest BCUT2D eigenvalue weighted by molar-refractivity contribution is 0.183. The minimum Gasteiger partial charge on any atom is -0.393 e. The number of nitrogens with one attached hydrogen (secondary N) is 1. The summed E-state index contributed by atoms with van der Waals surface area (Å²) in [5.41, 5.74) is 1.48. The van der Waals surface area contributed by atoms with Crippen molar-refractivity contribution in [1.29, 1.82) is 0 Å². The summed E-state index contributed by atoms with van der Waals surface area (Å²) in [6.45, 7) is 3.85. The first-order chi connectivity index (χ1) is 7.77. The van der Waals surface area contributed by atoms with Gasteiger partial charge in [-0.05, 0) is 50.3 Å². The number of benzene rings is 1. The molecule has 2 rings (SSSR count). The minimum absolute atomic E-state index is 0.184. The van der Waals surface area contributed by atoms with Crippen molar-refractivity contribution in [1.82, 2.24) is 5.32 Å². The Balaban J connectivity index is 1.65. The van der Waals surface area contributed by atoms with Crippen LogP contribution in [0.2, 0.25) is 0 Å². The molecule has 0 bridgehead atoms. The van der Waals surface area contributed by atoms with E-state index in [2.05, 4.69) is 35.6 Å². The van der Waals surface area contributed by atoms with E-state index in [4.69, 9.17) is 5.11 Å². The number of hydrogen-bond acceptors (Lipinski definition) is 2. The second kappa shape index (κ2) is 5.46. The van der Waals surface area contributed by atoms with E-state index in [9.17, 15) is 0 Å². The minimum atomic E-state index is -0.184. The van der Waals surface area contributed by atoms with E-state index < -0.39 is 0 Å². The molecule has 1 aromatic carbocycles. The quantitative estimate of drug-likeness (QED) is 0.719. The molecule has 1 aliphatic rings. The summed E-state index contributed by atoms with van der Waals surface area (Å²) in [6, 6.07) is 10.7. The molecule has 0 heterocycles. The summed E-state index contributed by atoms with van der Waals surface area (Å²) in [4.78, 5) is 0. The lowest BCUT2D eigenvalue weighted by Gasteiger charge is -2.06. The second-order valence-corrected chi connectivity index (χ2v) is 4.85. The highest BCUT2D eigenvalue weighted by Gasteiger charge is 2.37. The lowest BCUT2D eigenvalue weighted by Crippen LogP contribution is -2.21. The highest BCUT2D eigenvalue weighted by Crippen LogP contribution is 2.46. The largest absolute Gasteiger partial charge is 0.393 e. The number of hydrogen-bond donors (Lipinski definition) is 2. The molecule has 0 aliphatic heterocycles. The molecule has 0 spiro atoms. The van der Waals surface area contributed by atoms with Gasteiger partial charge in [0.2, 0.25) is 0 Å². The van der Waals surface area contributed by atoms with Gasteiger partial charge in [-0.2, -0.15) is 0 Å². The molecule has 88 valence electrons. The van der Waals surface area contributed by atoms with Crippen molar-refractivity contribution in [2.75, 3.05) is 13.1 Å². The summed E-state index contributed by atoms with van der Waals surface area (Å²) >= 11 is 0. The van der Waals surface area contributed by atoms with Gasteiger partial charge in [0.1, 0.15) is 0 Å². The van der Waals surface area contributed by atoms with Gasteiger partial charge in [-0.3, -0.25) is 0 Å². The Labute approximate surface area is 97.7 Å². The van der Waals surface area contributed by atoms with E-state index in [0.29, 0.717) is 0 Å². The van der Waals surface area contributed by atoms with Crippen LogP contribution in [0.25, 0.3) is 0 Å². The normalized spacial score (nSPS) is 25.4. The molecule has 3 unspecified atom stereocenters. The highest BCUT2D eigenvalue weighted by molar-refractivity contribution is 5.25. The molecular weight excluding hydrogens is 198 g/mol. The van der Waals surface area contributed by atoms with E-state index >= 15 is 0 Å². The van der Waals surface area contributed by atoms with Crippen LogP contribution in [0.3, 0.4) is 0 Å². The molecule has 1 aliphatic carbocycles. The van der Waals surface area contributed by atoms with Crippen LogP contribution in [-0.2, 0) is 0 Å². The van der Waals surface area contributed by atoms with Gasteiger partial charge in [-0.15, -0.1) is 0 Å². The third kappa shape index (κ3) is 3.32. The zero-order valence-corrected chi connectivity index (χ0v) is 9.89. The third-order valence-electron chi connectivity index (χ3n) is 3.30. The fourth-order valence-electron chi connectivity index (χ4n) is 2.18. The SMILES string of the molecule is CC(O)CCNCC1CC1c1ccccc1. The Bertz CT molecular complexity index is 310. The Morgan fingerprint density at radius 1 is 1.38 bits per heavy atom. The first kappa shape index (κ1) is 11.6. The van der Waals surface area contributed by atoms with E-state index in [0.717, 1.165) is 31.3 Å². The van der Waals surface area contributed by atoms with Crippen molar-refractivity contribution < 1.29 is 5.11 Å². The van der Waals surface area contributed by atoms with Crippen LogP contribution in [0.1, 0.15) is 31.2 Å². The van der Waals surface area contributed by atoms with E-state index in [1.165, 1.54) is 12.0 Å². The molecule has 1 saturated carbocycles. The third-order valence-corrected chi connectivity index (χ3v) is 3.30. The van der Waals surface area contributed by atoms with E-state index in [-0.39, 0.29) is 6.10 Å². The molecule has 2 heteroatoms. The van der Waals surface area contributed by atoms with E-state index in [1.807, 2.05) is 6.92 Å². The molecule has 3 atom stereocenters. The molecule has 2 N–H and O–H groups in total. The number of aliphatic hydroxyl groups is 1. The van der Waals surface area contributed by atoms with Crippen LogP contribution in [0, 0.1) is 5.92 Å². The van der Waals surface area contributed by atoms with Crippen LogP contribution in [0.15, 0.2) is 30.3 Å². The predicted molar refractivity (Wildman–Crippen MR) is 66.5 cm³/mol. The van der Waals surface area contributed by atoms with Gasteiger partial charge in [0.25, 0.3) is 0 Å². The van der Waals surface area contributed by atoms with Gasteiger partial charge in [0.15, 0.2) is 0 Å². The first-order valence-electron chi connectivity index (χ1n) is 6.21. The first-order valence-corrected chi connectivity index (χ1v) is 6.21. The van der Waals surface area contributed by atoms with Crippen LogP contribution in [0.5, 0.6) is 0 Å². The molecule has 2 nitrogen and oxygen atoms in total. The average molecular weight is 219 g/mol. The number of rotatable bonds is 6. The summed E-state index contributed by atoms with van der Waals surface area (Å²) in [6.07, 6.45) is 1.98. The summed E-state index contributed by atoms with van der Waals surface area (Å²) < 4.78 is 0. The summed E-state index contributed by atoms with van der Waals surface area (Å²) in [5.74, 6) is 1.57. The van der Waals surface area contributed by atoms with Crippen molar-refractivity contribution in [2.24, 2.45) is 5.92 Å². The zero-order valence-electron chi connectivity index (χ0n) is 9.89. The van der Waals surface area contributed by atoms with Crippen LogP contribution < -0.4 is 5.32 Å². The van der Waals surface area contributed by atoms with Crippen LogP contribution >= 0.6 is 0 Å². The molecule has 1 fully saturated rings. The maximum Gasteiger partial charge on any atom is 0.0524 e. The maximum absolute atomic E-state index is 9.12. The lowest BCUT2D eigenvalue weighted by atomic mass is 10.1. The van der Waals surface area contributed by atoms with E-state index in [1.54, 1.807) is 0 Å². The monoisotopic (exact) mass is 219 g/mol. The van der Waals surface area contributed by atoms with Crippen LogP contribution in [-0.4, -0.2) is 24.3 Å². The van der Waals surface area contributed by atoms with Crippen molar-refractivity contribution in [3.05, 3.63) is 35.9 Å². The van der Waals surface area contributed by atoms with Crippen molar-refractivity contribution in [3.8, 4) is 0 Å². The fraction of sp³-hybridized carbons (Fsp3) is 0.571. The van der Waals surface area contributed by atoms with Crippen molar-refractivity contribution in [2.45, 2.75) is 31.8 Å². The molecule has 1 aromatic rings. The molecule has 16 heavy (non-hydrogen) atoms. The Hall–Kier alpha value is -0.860. The second-order valence-electron chi connectivity index (χ2n) is 4.85. The van der Waals surface area contributed by atoms with Gasteiger partial charge in [0, 0.05) is 0 Å². The summed E-state index contributed by atoms with van der Waals surface area (Å²) in [5, 5.41) is 12.5. The summed E-state index contributed by atoms with van der Waals surface area (Å²) in [7, 11) is 0. The Morgan fingerprint density at radius 2 is 2.12 bits per heavy atom.